The molecule has 0 bridgehead atoms. The van der Waals surface area contributed by atoms with E-state index in [0.29, 0.717) is 22.4 Å². The van der Waals surface area contributed by atoms with E-state index in [1.54, 1.807) is 54.6 Å². The number of nitrogens with zero attached hydrogens (tertiary/aromatic N) is 2. The second kappa shape index (κ2) is 9.41. The van der Waals surface area contributed by atoms with E-state index in [9.17, 15) is 18.0 Å². The van der Waals surface area contributed by atoms with Crippen LogP contribution in [0.4, 0.5) is 11.6 Å². The number of nitrogens with one attached hydrogen (secondary N) is 2. The van der Waals surface area contributed by atoms with Crippen molar-refractivity contribution in [1.82, 2.24) is 9.97 Å². The average molecular weight is 458 g/mol. The molecule has 164 valence electrons. The maximum absolute atomic E-state index is 12.5. The highest BCUT2D eigenvalue weighted by molar-refractivity contribution is 7.92. The maximum Gasteiger partial charge on any atom is 0.264 e. The zero-order valence-electron chi connectivity index (χ0n) is 17.2. The summed E-state index contributed by atoms with van der Waals surface area (Å²) < 4.78 is 27.2. The molecule has 0 saturated carbocycles. The van der Waals surface area contributed by atoms with E-state index in [2.05, 4.69) is 20.0 Å². The summed E-state index contributed by atoms with van der Waals surface area (Å²) in [6.45, 7) is 0. The second-order valence-corrected chi connectivity index (χ2v) is 8.61. The third-order valence-electron chi connectivity index (χ3n) is 4.66. The minimum absolute atomic E-state index is 0.00303. The van der Waals surface area contributed by atoms with Gasteiger partial charge < -0.3 is 5.32 Å². The van der Waals surface area contributed by atoms with Crippen LogP contribution in [0.5, 0.6) is 0 Å². The number of hydrogen-bond acceptors (Lipinski definition) is 6. The molecule has 0 radical (unpaired) electrons. The van der Waals surface area contributed by atoms with Gasteiger partial charge in [0.1, 0.15) is 0 Å². The van der Waals surface area contributed by atoms with Gasteiger partial charge in [-0.3, -0.25) is 9.59 Å². The van der Waals surface area contributed by atoms with Gasteiger partial charge in [-0.1, -0.05) is 42.5 Å². The van der Waals surface area contributed by atoms with Crippen molar-refractivity contribution < 1.29 is 18.0 Å². The lowest BCUT2D eigenvalue weighted by Gasteiger charge is -2.09. The van der Waals surface area contributed by atoms with Crippen LogP contribution >= 0.6 is 0 Å². The van der Waals surface area contributed by atoms with Crippen LogP contribution in [0, 0.1) is 0 Å². The Bertz CT molecular complexity index is 1370. The molecule has 0 unspecified atom stereocenters. The molecule has 0 aliphatic rings. The molecule has 9 heteroatoms. The molecule has 0 aliphatic carbocycles. The lowest BCUT2D eigenvalue weighted by molar-refractivity contribution is 0.102. The van der Waals surface area contributed by atoms with E-state index >= 15 is 0 Å². The first kappa shape index (κ1) is 21.8. The molecule has 1 aromatic heterocycles. The normalized spacial score (nSPS) is 10.9. The molecule has 8 nitrogen and oxygen atoms in total. The van der Waals surface area contributed by atoms with Gasteiger partial charge in [0.25, 0.3) is 15.9 Å². The van der Waals surface area contributed by atoms with Gasteiger partial charge in [-0.25, -0.2) is 23.1 Å². The van der Waals surface area contributed by atoms with Gasteiger partial charge in [0.05, 0.1) is 4.90 Å². The zero-order chi connectivity index (χ0) is 23.3. The van der Waals surface area contributed by atoms with Crippen LogP contribution in [-0.2, 0) is 10.0 Å². The summed E-state index contributed by atoms with van der Waals surface area (Å²) in [4.78, 5) is 32.7. The van der Waals surface area contributed by atoms with Crippen LogP contribution in [0.2, 0.25) is 0 Å². The van der Waals surface area contributed by atoms with Crippen LogP contribution in [0.1, 0.15) is 26.3 Å². The van der Waals surface area contributed by atoms with Gasteiger partial charge in [-0.15, -0.1) is 0 Å². The fraction of sp³-hybridized carbons (Fsp3) is 0. The van der Waals surface area contributed by atoms with Crippen molar-refractivity contribution in [2.45, 2.75) is 4.90 Å². The van der Waals surface area contributed by atoms with Crippen LogP contribution in [0.25, 0.3) is 0 Å². The summed E-state index contributed by atoms with van der Waals surface area (Å²) in [6.07, 6.45) is 2.85. The summed E-state index contributed by atoms with van der Waals surface area (Å²) in [5.41, 5.74) is 1.82. The monoisotopic (exact) mass is 458 g/mol. The van der Waals surface area contributed by atoms with Crippen molar-refractivity contribution in [3.05, 3.63) is 114 Å². The van der Waals surface area contributed by atoms with Crippen molar-refractivity contribution in [1.29, 1.82) is 0 Å². The first-order chi connectivity index (χ1) is 15.9. The van der Waals surface area contributed by atoms with Gasteiger partial charge in [0, 0.05) is 34.8 Å². The molecular weight excluding hydrogens is 440 g/mol. The van der Waals surface area contributed by atoms with Gasteiger partial charge in [-0.05, 0) is 42.5 Å². The summed E-state index contributed by atoms with van der Waals surface area (Å²) in [7, 11) is -3.87. The first-order valence-corrected chi connectivity index (χ1v) is 11.3. The molecule has 0 fully saturated rings. The molecule has 3 aromatic carbocycles. The van der Waals surface area contributed by atoms with Crippen molar-refractivity contribution in [2.24, 2.45) is 0 Å². The van der Waals surface area contributed by atoms with Crippen LogP contribution in [0.3, 0.4) is 0 Å². The summed E-state index contributed by atoms with van der Waals surface area (Å²) in [5, 5.41) is 2.70. The van der Waals surface area contributed by atoms with Crippen molar-refractivity contribution in [3.63, 3.8) is 0 Å². The number of carbonyl (C=O) groups is 2. The largest absolute Gasteiger partial charge is 0.322 e. The quantitative estimate of drug-likeness (QED) is 0.407. The third kappa shape index (κ3) is 5.28. The Labute approximate surface area is 190 Å². The predicted octanol–water partition coefficient (Wildman–Crippen LogP) is 3.76. The SMILES string of the molecule is O=C(Nc1ccc(S(=O)(=O)Nc2ncccn2)cc1)c1ccc(C(=O)c2ccccc2)cc1. The fourth-order valence-electron chi connectivity index (χ4n) is 2.98. The van der Waals surface area contributed by atoms with E-state index in [-0.39, 0.29) is 22.5 Å². The fourth-order valence-corrected chi connectivity index (χ4v) is 3.94. The smallest absolute Gasteiger partial charge is 0.264 e. The van der Waals surface area contributed by atoms with Crippen molar-refractivity contribution in [3.8, 4) is 0 Å². The van der Waals surface area contributed by atoms with Crippen LogP contribution in [-0.4, -0.2) is 30.1 Å². The van der Waals surface area contributed by atoms with Gasteiger partial charge >= 0.3 is 0 Å². The number of anilines is 2. The Kier molecular flexibility index (Phi) is 6.23. The molecule has 4 aromatic rings. The highest BCUT2D eigenvalue weighted by Crippen LogP contribution is 2.18. The van der Waals surface area contributed by atoms with Crippen LogP contribution in [0.15, 0.2) is 102 Å². The van der Waals surface area contributed by atoms with E-state index in [4.69, 9.17) is 0 Å². The Morgan fingerprint density at radius 1 is 0.667 bits per heavy atom. The standard InChI is InChI=1S/C24H18N4O4S/c29-22(17-5-2-1-3-6-17)18-7-9-19(10-8-18)23(30)27-20-11-13-21(14-12-20)33(31,32)28-24-25-15-4-16-26-24/h1-16H,(H,27,30)(H,25,26,28). The Balaban J connectivity index is 1.42. The highest BCUT2D eigenvalue weighted by atomic mass is 32.2. The number of rotatable bonds is 7. The highest BCUT2D eigenvalue weighted by Gasteiger charge is 2.16. The molecule has 0 spiro atoms. The Hall–Kier alpha value is -4.37. The number of benzene rings is 3. The molecule has 1 amide bonds. The van der Waals surface area contributed by atoms with Crippen molar-refractivity contribution >= 4 is 33.3 Å². The molecule has 2 N–H and O–H groups in total. The number of hydrogen-bond donors (Lipinski definition) is 2. The van der Waals surface area contributed by atoms with Gasteiger partial charge in [0.2, 0.25) is 5.95 Å². The van der Waals surface area contributed by atoms with E-state index < -0.39 is 10.0 Å². The lowest BCUT2D eigenvalue weighted by Crippen LogP contribution is -2.15. The number of ketones is 1. The molecule has 0 saturated heterocycles. The predicted molar refractivity (Wildman–Crippen MR) is 124 cm³/mol. The molecule has 0 atom stereocenters. The number of amides is 1. The molecule has 33 heavy (non-hydrogen) atoms. The van der Waals surface area contributed by atoms with E-state index in [0.717, 1.165) is 0 Å². The maximum atomic E-state index is 12.5. The minimum Gasteiger partial charge on any atom is -0.322 e. The Morgan fingerprint density at radius 2 is 1.24 bits per heavy atom. The summed E-state index contributed by atoms with van der Waals surface area (Å²) in [6, 6.07) is 22.4. The first-order valence-electron chi connectivity index (χ1n) is 9.83. The van der Waals surface area contributed by atoms with Gasteiger partial charge in [-0.2, -0.15) is 0 Å². The van der Waals surface area contributed by atoms with Gasteiger partial charge in [0.15, 0.2) is 5.78 Å². The molecular formula is C24H18N4O4S. The van der Waals surface area contributed by atoms with Crippen LogP contribution < -0.4 is 10.0 Å². The van der Waals surface area contributed by atoms with E-state index in [1.165, 1.54) is 36.7 Å². The Morgan fingerprint density at radius 3 is 1.88 bits per heavy atom. The number of carbonyl (C=O) groups excluding carboxylic acids is 2. The minimum atomic E-state index is -3.87. The average Bonchev–Trinajstić information content (AvgIpc) is 2.85. The molecule has 4 rings (SSSR count). The third-order valence-corrected chi connectivity index (χ3v) is 6.00. The lowest BCUT2D eigenvalue weighted by atomic mass is 10.0. The topological polar surface area (TPSA) is 118 Å². The number of sulfonamides is 1. The zero-order valence-corrected chi connectivity index (χ0v) is 18.0. The second-order valence-electron chi connectivity index (χ2n) is 6.93. The van der Waals surface area contributed by atoms with E-state index in [1.807, 2.05) is 6.07 Å². The van der Waals surface area contributed by atoms with Crippen molar-refractivity contribution in [2.75, 3.05) is 10.0 Å². The summed E-state index contributed by atoms with van der Waals surface area (Å²) >= 11 is 0. The summed E-state index contributed by atoms with van der Waals surface area (Å²) in [5.74, 6) is -0.557. The molecule has 0 aliphatic heterocycles. The molecule has 1 heterocycles. The number of aromatic nitrogens is 2.